The van der Waals surface area contributed by atoms with Crippen molar-refractivity contribution in [2.75, 3.05) is 26.4 Å². The first kappa shape index (κ1) is 23.0. The topological polar surface area (TPSA) is 87.0 Å². The van der Waals surface area contributed by atoms with E-state index in [0.29, 0.717) is 41.4 Å². The summed E-state index contributed by atoms with van der Waals surface area (Å²) in [5, 5.41) is 21.6. The van der Waals surface area contributed by atoms with Crippen molar-refractivity contribution in [3.63, 3.8) is 0 Å². The van der Waals surface area contributed by atoms with Gasteiger partial charge >= 0.3 is 0 Å². The van der Waals surface area contributed by atoms with Gasteiger partial charge in [0, 0.05) is 17.2 Å². The molecule has 176 valence electrons. The van der Waals surface area contributed by atoms with Gasteiger partial charge in [-0.1, -0.05) is 27.4 Å². The number of amidine groups is 1. The number of nitrogens with zero attached hydrogens (tertiary/aromatic N) is 4. The Balaban J connectivity index is 1.58. The summed E-state index contributed by atoms with van der Waals surface area (Å²) in [6.07, 6.45) is 4.17. The van der Waals surface area contributed by atoms with E-state index in [9.17, 15) is 4.79 Å². The van der Waals surface area contributed by atoms with Gasteiger partial charge in [-0.05, 0) is 54.9 Å². The van der Waals surface area contributed by atoms with Crippen molar-refractivity contribution < 1.29 is 19.4 Å². The Kier molecular flexibility index (Phi) is 6.30. The van der Waals surface area contributed by atoms with Gasteiger partial charge < -0.3 is 14.6 Å². The molecule has 1 aromatic rings. The fourth-order valence-corrected chi connectivity index (χ4v) is 3.76. The lowest BCUT2D eigenvalue weighted by Gasteiger charge is -2.23. The third-order valence-corrected chi connectivity index (χ3v) is 5.75. The molecule has 1 saturated carbocycles. The van der Waals surface area contributed by atoms with Crippen LogP contribution >= 0.6 is 0 Å². The second kappa shape index (κ2) is 9.02. The second-order valence-electron chi connectivity index (χ2n) is 9.45. The molecule has 4 rings (SSSR count). The number of aliphatic hydroxyl groups is 1. The minimum absolute atomic E-state index is 0.0311. The van der Waals surface area contributed by atoms with Gasteiger partial charge in [-0.3, -0.25) is 4.79 Å². The summed E-state index contributed by atoms with van der Waals surface area (Å²) in [5.41, 5.74) is 2.43. The van der Waals surface area contributed by atoms with Crippen molar-refractivity contribution in [1.82, 2.24) is 10.0 Å². The van der Waals surface area contributed by atoms with Crippen LogP contribution in [0, 0.1) is 5.92 Å². The van der Waals surface area contributed by atoms with Gasteiger partial charge in [-0.15, -0.1) is 5.10 Å². The first-order valence-corrected chi connectivity index (χ1v) is 11.4. The molecule has 0 aromatic heterocycles. The molecule has 8 heteroatoms. The summed E-state index contributed by atoms with van der Waals surface area (Å²) in [7, 11) is 0. The van der Waals surface area contributed by atoms with Gasteiger partial charge in [0.15, 0.2) is 11.6 Å². The predicted molar refractivity (Wildman–Crippen MR) is 127 cm³/mol. The molecule has 2 heterocycles. The lowest BCUT2D eigenvalue weighted by molar-refractivity contribution is 0.0947. The quantitative estimate of drug-likeness (QED) is 0.606. The van der Waals surface area contributed by atoms with Gasteiger partial charge in [-0.2, -0.15) is 10.1 Å². The Morgan fingerprint density at radius 2 is 1.97 bits per heavy atom. The number of hydrazone groups is 2. The molecule has 1 fully saturated rings. The molecule has 0 radical (unpaired) electrons. The van der Waals surface area contributed by atoms with Crippen LogP contribution in [-0.2, 0) is 10.2 Å². The minimum Gasteiger partial charge on any atom is -0.491 e. The lowest BCUT2D eigenvalue weighted by Crippen LogP contribution is -2.31. The zero-order valence-electron chi connectivity index (χ0n) is 19.8. The predicted octanol–water partition coefficient (Wildman–Crippen LogP) is 3.64. The van der Waals surface area contributed by atoms with E-state index in [-0.39, 0.29) is 31.0 Å². The molecule has 2 aliphatic heterocycles. The molecule has 1 aliphatic carbocycles. The fraction of sp³-hybridized carbons (Fsp3) is 0.480. The van der Waals surface area contributed by atoms with Gasteiger partial charge in [-0.25, -0.2) is 5.01 Å². The molecule has 0 bridgehead atoms. The van der Waals surface area contributed by atoms with Crippen LogP contribution in [-0.4, -0.2) is 59.0 Å². The number of aliphatic hydroxyl groups excluding tert-OH is 1. The molecule has 0 atom stereocenters. The van der Waals surface area contributed by atoms with E-state index in [4.69, 9.17) is 19.7 Å². The number of carbonyl (C=O) groups excluding carboxylic acids is 1. The molecular weight excluding hydrogens is 420 g/mol. The van der Waals surface area contributed by atoms with E-state index in [1.807, 2.05) is 25.1 Å². The molecule has 8 nitrogen and oxygen atoms in total. The number of fused-ring (bicyclic) bond motifs is 1. The highest BCUT2D eigenvalue weighted by Crippen LogP contribution is 2.41. The average Bonchev–Trinajstić information content (AvgIpc) is 3.57. The van der Waals surface area contributed by atoms with E-state index in [1.54, 1.807) is 16.1 Å². The van der Waals surface area contributed by atoms with Crippen molar-refractivity contribution >= 4 is 17.5 Å². The first-order valence-electron chi connectivity index (χ1n) is 11.4. The van der Waals surface area contributed by atoms with Crippen LogP contribution in [0.15, 0.2) is 52.5 Å². The summed E-state index contributed by atoms with van der Waals surface area (Å²) in [6, 6.07) is 5.53. The highest BCUT2D eigenvalue weighted by atomic mass is 16.5. The minimum atomic E-state index is -0.167. The van der Waals surface area contributed by atoms with Crippen molar-refractivity contribution in [1.29, 1.82) is 0 Å². The van der Waals surface area contributed by atoms with Crippen LogP contribution in [0.5, 0.6) is 5.75 Å². The van der Waals surface area contributed by atoms with Crippen molar-refractivity contribution in [2.24, 2.45) is 16.1 Å². The number of hydrogen-bond acceptors (Lipinski definition) is 8. The number of carbonyl (C=O) groups is 1. The third-order valence-electron chi connectivity index (χ3n) is 5.75. The number of benzene rings is 1. The molecule has 0 spiro atoms. The van der Waals surface area contributed by atoms with Crippen molar-refractivity contribution in [3.05, 3.63) is 53.4 Å². The van der Waals surface area contributed by atoms with Gasteiger partial charge in [0.1, 0.15) is 24.7 Å². The van der Waals surface area contributed by atoms with E-state index in [2.05, 4.69) is 32.5 Å². The normalized spacial score (nSPS) is 18.0. The summed E-state index contributed by atoms with van der Waals surface area (Å²) in [6.45, 7) is 12.9. The van der Waals surface area contributed by atoms with Crippen molar-refractivity contribution in [3.8, 4) is 5.75 Å². The van der Waals surface area contributed by atoms with Crippen LogP contribution < -0.4 is 4.74 Å². The fourth-order valence-electron chi connectivity index (χ4n) is 3.76. The molecular formula is C25H32N4O4. The summed E-state index contributed by atoms with van der Waals surface area (Å²) >= 11 is 0. The summed E-state index contributed by atoms with van der Waals surface area (Å²) in [5.74, 6) is 2.67. The van der Waals surface area contributed by atoms with Crippen LogP contribution in [0.2, 0.25) is 0 Å². The van der Waals surface area contributed by atoms with E-state index in [0.717, 1.165) is 24.0 Å². The second-order valence-corrected chi connectivity index (χ2v) is 9.45. The molecule has 33 heavy (non-hydrogen) atoms. The molecule has 0 amide bonds. The van der Waals surface area contributed by atoms with E-state index in [1.165, 1.54) is 0 Å². The van der Waals surface area contributed by atoms with Crippen LogP contribution in [0.3, 0.4) is 0 Å². The maximum absolute atomic E-state index is 13.3. The van der Waals surface area contributed by atoms with E-state index >= 15 is 0 Å². The van der Waals surface area contributed by atoms with Gasteiger partial charge in [0.2, 0.25) is 5.90 Å². The van der Waals surface area contributed by atoms with Gasteiger partial charge in [0.05, 0.1) is 13.2 Å². The number of Topliss-reactive ketones (excluding diaryl/α,β-unsaturated/α-hetero) is 1. The maximum atomic E-state index is 13.3. The van der Waals surface area contributed by atoms with Crippen molar-refractivity contribution in [2.45, 2.75) is 46.0 Å². The monoisotopic (exact) mass is 452 g/mol. The average molecular weight is 453 g/mol. The Morgan fingerprint density at radius 1 is 1.21 bits per heavy atom. The first-order chi connectivity index (χ1) is 15.7. The zero-order chi connectivity index (χ0) is 23.8. The standard InChI is InChI=1S/C25H32N4O4/c1-6-32-23-14-21(17-7-8-17)24-27-28(16(2)29(24)26-23)15-22(31)18-11-19(25(3,4)5)13-20(12-18)33-10-9-30/h11-14,17,30H,2,6-10,15H2,1,3-5H3. The lowest BCUT2D eigenvalue weighted by atomic mass is 9.85. The maximum Gasteiger partial charge on any atom is 0.232 e. The van der Waals surface area contributed by atoms with Crippen LogP contribution in [0.1, 0.15) is 56.5 Å². The largest absolute Gasteiger partial charge is 0.491 e. The number of hydrogen-bond donors (Lipinski definition) is 1. The highest BCUT2D eigenvalue weighted by Gasteiger charge is 2.40. The molecule has 0 unspecified atom stereocenters. The van der Waals surface area contributed by atoms with Crippen LogP contribution in [0.4, 0.5) is 0 Å². The summed E-state index contributed by atoms with van der Waals surface area (Å²) < 4.78 is 11.3. The zero-order valence-corrected chi connectivity index (χ0v) is 19.8. The smallest absolute Gasteiger partial charge is 0.232 e. The summed E-state index contributed by atoms with van der Waals surface area (Å²) in [4.78, 5) is 13.3. The number of ether oxygens (including phenoxy) is 2. The number of rotatable bonds is 8. The Morgan fingerprint density at radius 3 is 2.61 bits per heavy atom. The molecule has 0 saturated heterocycles. The molecule has 1 N–H and O–H groups in total. The molecule has 3 aliphatic rings. The molecule has 1 aromatic carbocycles. The SMILES string of the molecule is C=C1N(CC(=O)c2cc(OCCO)cc(C(C)(C)C)c2)N=C2C(C3CC3)=CC(OCC)=NN12. The Hall–Kier alpha value is -3.13. The Bertz CT molecular complexity index is 1050. The van der Waals surface area contributed by atoms with Gasteiger partial charge in [0.25, 0.3) is 0 Å². The number of ketones is 1. The third kappa shape index (κ3) is 4.95. The highest BCUT2D eigenvalue weighted by molar-refractivity contribution is 6.09. The Labute approximate surface area is 194 Å². The van der Waals surface area contributed by atoms with Crippen LogP contribution in [0.25, 0.3) is 0 Å². The van der Waals surface area contributed by atoms with E-state index < -0.39 is 0 Å².